The second-order valence-corrected chi connectivity index (χ2v) is 31.3. The van der Waals surface area contributed by atoms with Gasteiger partial charge in [-0.25, -0.2) is 8.78 Å². The number of carbonyl (C=O) groups excluding carboxylic acids is 12. The Balaban J connectivity index is 1.35. The number of nitrogens with one attached hydrogen (secondary N) is 3. The van der Waals surface area contributed by atoms with E-state index in [0.29, 0.717) is 103 Å². The molecule has 0 aromatic carbocycles. The second-order valence-electron chi connectivity index (χ2n) is 31.3. The molecule has 1 spiro atoms. The van der Waals surface area contributed by atoms with Crippen LogP contribution in [0.25, 0.3) is 0 Å². The van der Waals surface area contributed by atoms with Crippen LogP contribution in [0.2, 0.25) is 0 Å². The number of hydrogen-bond donors (Lipinski definition) is 3. The largest absolute Gasteiger partial charge is 0.397 e. The van der Waals surface area contributed by atoms with Gasteiger partial charge in [0, 0.05) is 89.1 Å². The predicted octanol–water partition coefficient (Wildman–Crippen LogP) is 5.17. The molecular formula is C74H119F5N12O14. The van der Waals surface area contributed by atoms with E-state index in [4.69, 9.17) is 9.47 Å². The van der Waals surface area contributed by atoms with Crippen LogP contribution < -0.4 is 16.0 Å². The number of alkyl halides is 5. The second kappa shape index (κ2) is 38.3. The molecule has 10 aliphatic rings. The number of ether oxygens (including phenoxy) is 2. The summed E-state index contributed by atoms with van der Waals surface area (Å²) in [5, 5.41) is 8.66. The van der Waals surface area contributed by atoms with E-state index >= 15 is 42.3 Å². The van der Waals surface area contributed by atoms with Crippen molar-refractivity contribution < 1.29 is 89.0 Å². The Morgan fingerprint density at radius 2 is 1.26 bits per heavy atom. The van der Waals surface area contributed by atoms with E-state index in [2.05, 4.69) is 16.0 Å². The third kappa shape index (κ3) is 21.6. The van der Waals surface area contributed by atoms with Crippen molar-refractivity contribution in [1.82, 2.24) is 60.0 Å². The van der Waals surface area contributed by atoms with Crippen molar-refractivity contribution in [3.05, 3.63) is 0 Å². The highest BCUT2D eigenvalue weighted by Gasteiger charge is 2.55. The maximum absolute atomic E-state index is 15.7. The monoisotopic (exact) mass is 1490 g/mol. The number of amides is 12. The van der Waals surface area contributed by atoms with Gasteiger partial charge in [-0.1, -0.05) is 65.7 Å². The van der Waals surface area contributed by atoms with Gasteiger partial charge in [0.15, 0.2) is 0 Å². The molecule has 105 heavy (non-hydrogen) atoms. The van der Waals surface area contributed by atoms with Crippen LogP contribution in [0.3, 0.4) is 0 Å². The highest BCUT2D eigenvalue weighted by molar-refractivity contribution is 6.00. The number of hydrogen-bond acceptors (Lipinski definition) is 14. The zero-order chi connectivity index (χ0) is 77.5. The summed E-state index contributed by atoms with van der Waals surface area (Å²) < 4.78 is 85.4. The first-order valence-electron chi connectivity index (χ1n) is 38.4. The molecule has 4 saturated carbocycles. The quantitative estimate of drug-likeness (QED) is 0.225. The number of carbonyl (C=O) groups is 12. The van der Waals surface area contributed by atoms with Crippen molar-refractivity contribution in [2.75, 3.05) is 102 Å². The normalized spacial score (nSPS) is 31.8. The standard InChI is InChI=1S/C74H119F5N12O14/c1-13-34-90-57-38-46-26-29-49(30-27-46)105-35-22-16-17-25-54(65(96)81-63(45(4)14-2)70(101)86(9)43-60(94)84(7)44-61(90)95)87(10)59(93)40-56(68(99)83(5)6)88(11)71(102)64(48-23-18-19-24-48)89(12)72(103)73(32-20-21-33-73)82-66(97)55-39-50(104-15-3)41-91(55)67(98)53(80-58(92)42-85(8)69(57)100)31-28-47-36-51(75)62(52(76)37-47)74(77,78)79/h45-57,62-64H,13-44H2,1-12H3,(H,80,92)(H,81,96)(H,82,97)/t45-,46?,47?,49?,50+,51?,52?,53-,54-,55-,56-,57-,62?,63-,64-/m0/s1. The van der Waals surface area contributed by atoms with Crippen LogP contribution >= 0.6 is 0 Å². The average molecular weight is 1500 g/mol. The van der Waals surface area contributed by atoms with Crippen LogP contribution in [0.1, 0.15) is 188 Å². The Morgan fingerprint density at radius 1 is 0.638 bits per heavy atom. The SMILES string of the molecule is CCCN1C(=O)CN(C)C(=O)CN(C)C(=O)[C@H]([C@@H](C)CC)NC(=O)[C@@H]2CCCCCOC3CCC(CC3)C[C@H]1C(=O)N(C)CC(=O)N[C@@H](CCC1CC(F)C(C(F)(F)F)C(F)C1)C(=O)N1C[C@H](OCC)C[C@H]1C(=O)NC1(CCCC1)C(=O)N(C)[C@@H](C1CCCC1)C(=O)N(C)[C@H](C(=O)N(C)C)CC(=O)N2C. The van der Waals surface area contributed by atoms with Gasteiger partial charge in [0.25, 0.3) is 0 Å². The molecule has 31 heteroatoms. The van der Waals surface area contributed by atoms with Crippen LogP contribution in [0.4, 0.5) is 22.0 Å². The zero-order valence-corrected chi connectivity index (χ0v) is 64.0. The highest BCUT2D eigenvalue weighted by Crippen LogP contribution is 2.45. The maximum atomic E-state index is 15.7. The molecule has 4 bridgehead atoms. The van der Waals surface area contributed by atoms with Gasteiger partial charge in [-0.05, 0) is 133 Å². The van der Waals surface area contributed by atoms with E-state index in [-0.39, 0.29) is 70.2 Å². The van der Waals surface area contributed by atoms with Gasteiger partial charge in [0.1, 0.15) is 66.1 Å². The molecule has 4 aliphatic carbocycles. The van der Waals surface area contributed by atoms with Crippen LogP contribution in [0.5, 0.6) is 0 Å². The van der Waals surface area contributed by atoms with E-state index in [9.17, 15) is 37.1 Å². The fraction of sp³-hybridized carbons (Fsp3) is 0.838. The lowest BCUT2D eigenvalue weighted by atomic mass is 9.76. The van der Waals surface area contributed by atoms with Gasteiger partial charge >= 0.3 is 6.18 Å². The summed E-state index contributed by atoms with van der Waals surface area (Å²) in [6.07, 6.45) is -5.84. The molecule has 6 saturated heterocycles. The average Bonchev–Trinajstić information content (AvgIpc) is 1.71. The lowest BCUT2D eigenvalue weighted by molar-refractivity contribution is -0.219. The zero-order valence-electron chi connectivity index (χ0n) is 64.0. The van der Waals surface area contributed by atoms with Crippen molar-refractivity contribution in [2.24, 2.45) is 29.6 Å². The number of nitrogens with zero attached hydrogens (tertiary/aromatic N) is 9. The molecule has 0 aromatic heterocycles. The van der Waals surface area contributed by atoms with Crippen LogP contribution in [-0.4, -0.2) is 296 Å². The summed E-state index contributed by atoms with van der Waals surface area (Å²) in [6.45, 7) is 5.50. The van der Waals surface area contributed by atoms with Crippen LogP contribution in [0, 0.1) is 29.6 Å². The third-order valence-corrected chi connectivity index (χ3v) is 23.5. The summed E-state index contributed by atoms with van der Waals surface area (Å²) in [5.74, 6) is -13.6. The summed E-state index contributed by atoms with van der Waals surface area (Å²) in [6, 6.07) is -9.42. The Morgan fingerprint density at radius 3 is 1.86 bits per heavy atom. The molecule has 12 amide bonds. The van der Waals surface area contributed by atoms with E-state index in [1.165, 1.54) is 85.8 Å². The predicted molar refractivity (Wildman–Crippen MR) is 378 cm³/mol. The van der Waals surface area contributed by atoms with E-state index < -0.39 is 212 Å². The molecule has 594 valence electrons. The fourth-order valence-electron chi connectivity index (χ4n) is 17.1. The van der Waals surface area contributed by atoms with E-state index in [1.54, 1.807) is 20.8 Å². The molecule has 0 aromatic rings. The Labute approximate surface area is 616 Å². The lowest BCUT2D eigenvalue weighted by Gasteiger charge is -2.42. The molecule has 3 N–H and O–H groups in total. The van der Waals surface area contributed by atoms with Crippen molar-refractivity contribution in [3.8, 4) is 0 Å². The smallest absolute Gasteiger partial charge is 0.378 e. The Hall–Kier alpha value is -6.79. The first-order valence-corrected chi connectivity index (χ1v) is 38.4. The number of halogens is 5. The summed E-state index contributed by atoms with van der Waals surface area (Å²) in [5.41, 5.74) is -1.67. The van der Waals surface area contributed by atoms with Gasteiger partial charge in [-0.2, -0.15) is 13.2 Å². The van der Waals surface area contributed by atoms with Crippen LogP contribution in [0.15, 0.2) is 0 Å². The number of likely N-dealkylation sites (N-methyl/N-ethyl adjacent to an activating group) is 7. The first-order chi connectivity index (χ1) is 49.6. The molecule has 6 aliphatic heterocycles. The Bertz CT molecular complexity index is 3030. The summed E-state index contributed by atoms with van der Waals surface area (Å²) in [7, 11) is 11.3. The minimum Gasteiger partial charge on any atom is -0.378 e. The third-order valence-electron chi connectivity index (χ3n) is 23.5. The topological polar surface area (TPSA) is 289 Å². The molecule has 10 fully saturated rings. The first kappa shape index (κ1) is 85.5. The summed E-state index contributed by atoms with van der Waals surface area (Å²) in [4.78, 5) is 192. The lowest BCUT2D eigenvalue weighted by Crippen LogP contribution is -2.65. The van der Waals surface area contributed by atoms with E-state index in [0.717, 1.165) is 14.7 Å². The maximum Gasteiger partial charge on any atom is 0.397 e. The van der Waals surface area contributed by atoms with Gasteiger partial charge in [0.05, 0.1) is 38.3 Å². The minimum absolute atomic E-state index is 0.0267. The van der Waals surface area contributed by atoms with Crippen molar-refractivity contribution in [1.29, 1.82) is 0 Å². The van der Waals surface area contributed by atoms with Crippen molar-refractivity contribution in [3.63, 3.8) is 0 Å². The molecule has 10 rings (SSSR count). The van der Waals surface area contributed by atoms with Crippen molar-refractivity contribution in [2.45, 2.75) is 267 Å². The van der Waals surface area contributed by atoms with E-state index in [1.807, 2.05) is 6.92 Å². The molecule has 11 atom stereocenters. The molecule has 0 radical (unpaired) electrons. The fourth-order valence-corrected chi connectivity index (χ4v) is 17.1. The minimum atomic E-state index is -5.18. The van der Waals surface area contributed by atoms with Gasteiger partial charge in [-0.15, -0.1) is 0 Å². The molecule has 26 nitrogen and oxygen atoms in total. The highest BCUT2D eigenvalue weighted by atomic mass is 19.4. The molecular weight excluding hydrogens is 1380 g/mol. The van der Waals surface area contributed by atoms with Crippen LogP contribution in [-0.2, 0) is 67.0 Å². The number of rotatable bonds is 11. The molecule has 2 unspecified atom stereocenters. The molecule has 6 heterocycles. The summed E-state index contributed by atoms with van der Waals surface area (Å²) >= 11 is 0. The van der Waals surface area contributed by atoms with Gasteiger partial charge < -0.3 is 69.5 Å². The van der Waals surface area contributed by atoms with Gasteiger partial charge in [0.2, 0.25) is 70.9 Å². The van der Waals surface area contributed by atoms with Crippen molar-refractivity contribution >= 4 is 70.9 Å². The van der Waals surface area contributed by atoms with Gasteiger partial charge in [-0.3, -0.25) is 57.5 Å². The Kier molecular flexibility index (Phi) is 31.2.